The van der Waals surface area contributed by atoms with Gasteiger partial charge >= 0.3 is 0 Å². The smallest absolute Gasteiger partial charge is 0.255 e. The summed E-state index contributed by atoms with van der Waals surface area (Å²) in [6, 6.07) is 10.4. The molecular formula is C15H14Cl2N2O3S. The number of halogens is 2. The molecule has 122 valence electrons. The van der Waals surface area contributed by atoms with Crippen molar-refractivity contribution in [1.82, 2.24) is 4.31 Å². The Morgan fingerprint density at radius 3 is 2.00 bits per heavy atom. The summed E-state index contributed by atoms with van der Waals surface area (Å²) in [7, 11) is -0.595. The normalized spacial score (nSPS) is 11.5. The first-order valence-electron chi connectivity index (χ1n) is 6.50. The minimum atomic E-state index is -3.50. The highest BCUT2D eigenvalue weighted by Gasteiger charge is 2.17. The van der Waals surface area contributed by atoms with Gasteiger partial charge in [-0.3, -0.25) is 4.79 Å². The van der Waals surface area contributed by atoms with E-state index in [0.29, 0.717) is 21.3 Å². The highest BCUT2D eigenvalue weighted by Crippen LogP contribution is 2.21. The molecule has 0 radical (unpaired) electrons. The summed E-state index contributed by atoms with van der Waals surface area (Å²) in [6.07, 6.45) is 0. The zero-order valence-corrected chi connectivity index (χ0v) is 14.7. The molecule has 23 heavy (non-hydrogen) atoms. The minimum Gasteiger partial charge on any atom is -0.322 e. The van der Waals surface area contributed by atoms with Crippen LogP contribution in [0.4, 0.5) is 5.69 Å². The van der Waals surface area contributed by atoms with Crippen molar-refractivity contribution in [2.24, 2.45) is 0 Å². The van der Waals surface area contributed by atoms with Crippen LogP contribution in [-0.2, 0) is 10.0 Å². The molecule has 0 atom stereocenters. The molecule has 0 unspecified atom stereocenters. The molecule has 0 spiro atoms. The molecule has 0 bridgehead atoms. The van der Waals surface area contributed by atoms with Crippen LogP contribution in [0.3, 0.4) is 0 Å². The van der Waals surface area contributed by atoms with Crippen molar-refractivity contribution in [3.63, 3.8) is 0 Å². The van der Waals surface area contributed by atoms with Gasteiger partial charge in [0.15, 0.2) is 0 Å². The van der Waals surface area contributed by atoms with E-state index in [1.54, 1.807) is 0 Å². The summed E-state index contributed by atoms with van der Waals surface area (Å²) in [5.74, 6) is -0.391. The summed E-state index contributed by atoms with van der Waals surface area (Å²) in [5.41, 5.74) is 0.774. The van der Waals surface area contributed by atoms with Gasteiger partial charge in [0.2, 0.25) is 10.0 Å². The van der Waals surface area contributed by atoms with Gasteiger partial charge in [0.25, 0.3) is 5.91 Å². The number of nitrogens with zero attached hydrogens (tertiary/aromatic N) is 1. The predicted octanol–water partition coefficient (Wildman–Crippen LogP) is 3.50. The average Bonchev–Trinajstić information content (AvgIpc) is 2.46. The molecule has 1 N–H and O–H groups in total. The summed E-state index contributed by atoms with van der Waals surface area (Å²) < 4.78 is 25.1. The van der Waals surface area contributed by atoms with E-state index >= 15 is 0 Å². The third-order valence-corrected chi connectivity index (χ3v) is 5.28. The Kier molecular flexibility index (Phi) is 5.31. The number of sulfonamides is 1. The van der Waals surface area contributed by atoms with Crippen LogP contribution in [0.2, 0.25) is 10.0 Å². The molecule has 8 heteroatoms. The highest BCUT2D eigenvalue weighted by molar-refractivity contribution is 7.89. The van der Waals surface area contributed by atoms with Crippen LogP contribution in [0.15, 0.2) is 47.4 Å². The zero-order valence-electron chi connectivity index (χ0n) is 12.4. The summed E-state index contributed by atoms with van der Waals surface area (Å²) in [4.78, 5) is 12.3. The molecule has 0 fully saturated rings. The Labute approximate surface area is 144 Å². The molecule has 0 aliphatic carbocycles. The second kappa shape index (κ2) is 6.88. The van der Waals surface area contributed by atoms with Crippen LogP contribution < -0.4 is 5.32 Å². The third-order valence-electron chi connectivity index (χ3n) is 3.02. The molecule has 5 nitrogen and oxygen atoms in total. The van der Waals surface area contributed by atoms with Crippen molar-refractivity contribution in [1.29, 1.82) is 0 Å². The highest BCUT2D eigenvalue weighted by atomic mass is 35.5. The van der Waals surface area contributed by atoms with Gasteiger partial charge in [-0.25, -0.2) is 12.7 Å². The number of carbonyl (C=O) groups excluding carboxylic acids is 1. The first-order valence-corrected chi connectivity index (χ1v) is 8.70. The zero-order chi connectivity index (χ0) is 17.2. The number of carbonyl (C=O) groups is 1. The number of rotatable bonds is 4. The molecular weight excluding hydrogens is 359 g/mol. The van der Waals surface area contributed by atoms with Crippen LogP contribution >= 0.6 is 23.2 Å². The van der Waals surface area contributed by atoms with Crippen LogP contribution in [0, 0.1) is 0 Å². The fraction of sp³-hybridized carbons (Fsp3) is 0.133. The van der Waals surface area contributed by atoms with Gasteiger partial charge in [-0.1, -0.05) is 23.2 Å². The number of hydrogen-bond donors (Lipinski definition) is 1. The molecule has 0 aliphatic rings. The molecule has 0 aliphatic heterocycles. The lowest BCUT2D eigenvalue weighted by Gasteiger charge is -2.12. The molecule has 0 aromatic heterocycles. The first kappa shape index (κ1) is 17.7. The Hall–Kier alpha value is -1.60. The quantitative estimate of drug-likeness (QED) is 0.892. The van der Waals surface area contributed by atoms with E-state index in [1.165, 1.54) is 56.6 Å². The van der Waals surface area contributed by atoms with E-state index in [9.17, 15) is 13.2 Å². The first-order chi connectivity index (χ1) is 10.7. The Balaban J connectivity index is 2.19. The van der Waals surface area contributed by atoms with Gasteiger partial charge in [0.05, 0.1) is 4.90 Å². The van der Waals surface area contributed by atoms with Crippen LogP contribution in [0.25, 0.3) is 0 Å². The molecule has 2 aromatic carbocycles. The topological polar surface area (TPSA) is 66.5 Å². The molecule has 0 saturated carbocycles. The second-order valence-corrected chi connectivity index (χ2v) is 7.95. The maximum atomic E-state index is 12.2. The van der Waals surface area contributed by atoms with Crippen molar-refractivity contribution < 1.29 is 13.2 Å². The van der Waals surface area contributed by atoms with Gasteiger partial charge in [-0.05, 0) is 42.5 Å². The number of hydrogen-bond acceptors (Lipinski definition) is 3. The summed E-state index contributed by atoms with van der Waals surface area (Å²) >= 11 is 11.7. The lowest BCUT2D eigenvalue weighted by Crippen LogP contribution is -2.22. The number of anilines is 1. The van der Waals surface area contributed by atoms with E-state index in [0.717, 1.165) is 4.31 Å². The summed E-state index contributed by atoms with van der Waals surface area (Å²) in [6.45, 7) is 0. The average molecular weight is 373 g/mol. The molecule has 2 aromatic rings. The van der Waals surface area contributed by atoms with E-state index < -0.39 is 15.9 Å². The lowest BCUT2D eigenvalue weighted by molar-refractivity contribution is 0.102. The van der Waals surface area contributed by atoms with E-state index in [1.807, 2.05) is 0 Å². The minimum absolute atomic E-state index is 0.145. The number of benzene rings is 2. The maximum Gasteiger partial charge on any atom is 0.255 e. The summed E-state index contributed by atoms with van der Waals surface area (Å²) in [5, 5.41) is 3.37. The lowest BCUT2D eigenvalue weighted by atomic mass is 10.2. The fourth-order valence-corrected chi connectivity index (χ4v) is 3.24. The standard InChI is InChI=1S/C15H14Cl2N2O3S/c1-19(2)23(21,22)14-5-3-13(4-6-14)18-15(20)10-7-11(16)9-12(17)8-10/h3-9H,1-2H3,(H,18,20). The molecule has 2 rings (SSSR count). The Morgan fingerprint density at radius 2 is 1.52 bits per heavy atom. The van der Waals surface area contributed by atoms with Gasteiger partial charge < -0.3 is 5.32 Å². The molecule has 0 saturated heterocycles. The van der Waals surface area contributed by atoms with Gasteiger partial charge in [0, 0.05) is 35.4 Å². The van der Waals surface area contributed by atoms with Crippen LogP contribution in [0.5, 0.6) is 0 Å². The number of amides is 1. The Morgan fingerprint density at radius 1 is 1.00 bits per heavy atom. The van der Waals surface area contributed by atoms with Crippen molar-refractivity contribution in [2.45, 2.75) is 4.90 Å². The Bertz CT molecular complexity index is 814. The van der Waals surface area contributed by atoms with Crippen molar-refractivity contribution in [3.05, 3.63) is 58.1 Å². The predicted molar refractivity (Wildman–Crippen MR) is 91.7 cm³/mol. The van der Waals surface area contributed by atoms with Gasteiger partial charge in [0.1, 0.15) is 0 Å². The van der Waals surface area contributed by atoms with Crippen molar-refractivity contribution >= 4 is 44.8 Å². The molecule has 0 heterocycles. The monoisotopic (exact) mass is 372 g/mol. The second-order valence-electron chi connectivity index (χ2n) is 4.92. The van der Waals surface area contributed by atoms with Gasteiger partial charge in [-0.2, -0.15) is 0 Å². The largest absolute Gasteiger partial charge is 0.322 e. The van der Waals surface area contributed by atoms with Crippen LogP contribution in [0.1, 0.15) is 10.4 Å². The van der Waals surface area contributed by atoms with Gasteiger partial charge in [-0.15, -0.1) is 0 Å². The third kappa shape index (κ3) is 4.23. The number of nitrogens with one attached hydrogen (secondary N) is 1. The van der Waals surface area contributed by atoms with Crippen molar-refractivity contribution in [3.8, 4) is 0 Å². The fourth-order valence-electron chi connectivity index (χ4n) is 1.81. The molecule has 1 amide bonds. The van der Waals surface area contributed by atoms with E-state index in [-0.39, 0.29) is 4.90 Å². The van der Waals surface area contributed by atoms with E-state index in [4.69, 9.17) is 23.2 Å². The maximum absolute atomic E-state index is 12.2. The van der Waals surface area contributed by atoms with E-state index in [2.05, 4.69) is 5.32 Å². The SMILES string of the molecule is CN(C)S(=O)(=O)c1ccc(NC(=O)c2cc(Cl)cc(Cl)c2)cc1. The van der Waals surface area contributed by atoms with Crippen LogP contribution in [-0.4, -0.2) is 32.7 Å². The van der Waals surface area contributed by atoms with Crippen molar-refractivity contribution in [2.75, 3.05) is 19.4 Å².